The molecule has 0 amide bonds. The van der Waals surface area contributed by atoms with E-state index < -0.39 is 0 Å². The number of rotatable bonds is 5. The molecule has 0 saturated carbocycles. The largest absolute Gasteiger partial charge is 0.492 e. The number of ether oxygens (including phenoxy) is 1. The third-order valence-corrected chi connectivity index (χ3v) is 3.00. The number of likely N-dealkylation sites (N-methyl/N-ethyl adjacent to an activating group) is 1. The van der Waals surface area contributed by atoms with Gasteiger partial charge in [-0.15, -0.1) is 0 Å². The summed E-state index contributed by atoms with van der Waals surface area (Å²) in [7, 11) is 0. The van der Waals surface area contributed by atoms with Gasteiger partial charge in [0.1, 0.15) is 12.4 Å². The summed E-state index contributed by atoms with van der Waals surface area (Å²) in [6.07, 6.45) is 0. The van der Waals surface area contributed by atoms with E-state index in [1.165, 1.54) is 5.56 Å². The van der Waals surface area contributed by atoms with E-state index in [0.717, 1.165) is 12.3 Å². The molecule has 1 aromatic rings. The zero-order valence-electron chi connectivity index (χ0n) is 11.7. The molecule has 0 radical (unpaired) electrons. The molecule has 0 aliphatic carbocycles. The molecule has 96 valence electrons. The van der Waals surface area contributed by atoms with Crippen molar-refractivity contribution >= 4 is 0 Å². The number of hydrogen-bond donors (Lipinski definition) is 1. The van der Waals surface area contributed by atoms with Gasteiger partial charge in [-0.2, -0.15) is 0 Å². The van der Waals surface area contributed by atoms with Crippen LogP contribution in [0.25, 0.3) is 0 Å². The van der Waals surface area contributed by atoms with Gasteiger partial charge in [-0.1, -0.05) is 45.9 Å². The van der Waals surface area contributed by atoms with Crippen LogP contribution >= 0.6 is 0 Å². The summed E-state index contributed by atoms with van der Waals surface area (Å²) in [5.74, 6) is 0.986. The van der Waals surface area contributed by atoms with E-state index in [-0.39, 0.29) is 5.41 Å². The van der Waals surface area contributed by atoms with Crippen molar-refractivity contribution in [2.45, 2.75) is 40.7 Å². The van der Waals surface area contributed by atoms with Crippen LogP contribution in [0.15, 0.2) is 24.3 Å². The second kappa shape index (κ2) is 6.06. The third-order valence-electron chi connectivity index (χ3n) is 3.00. The van der Waals surface area contributed by atoms with Crippen molar-refractivity contribution < 1.29 is 4.74 Å². The molecule has 0 saturated heterocycles. The second-order valence-corrected chi connectivity index (χ2v) is 5.55. The van der Waals surface area contributed by atoms with Crippen molar-refractivity contribution in [1.82, 2.24) is 5.32 Å². The van der Waals surface area contributed by atoms with E-state index in [9.17, 15) is 0 Å². The van der Waals surface area contributed by atoms with Gasteiger partial charge in [0.25, 0.3) is 0 Å². The Morgan fingerprint density at radius 3 is 2.41 bits per heavy atom. The van der Waals surface area contributed by atoms with Crippen LogP contribution in [0.3, 0.4) is 0 Å². The average molecular weight is 235 g/mol. The molecule has 1 N–H and O–H groups in total. The summed E-state index contributed by atoms with van der Waals surface area (Å²) in [5.41, 5.74) is 1.40. The maximum Gasteiger partial charge on any atom is 0.122 e. The highest BCUT2D eigenvalue weighted by atomic mass is 16.5. The van der Waals surface area contributed by atoms with Gasteiger partial charge in [-0.3, -0.25) is 0 Å². The minimum absolute atomic E-state index is 0.207. The van der Waals surface area contributed by atoms with Crippen LogP contribution in [0.5, 0.6) is 5.75 Å². The minimum Gasteiger partial charge on any atom is -0.492 e. The molecular formula is C15H25NO. The highest BCUT2D eigenvalue weighted by Crippen LogP contribution is 2.22. The van der Waals surface area contributed by atoms with Crippen molar-refractivity contribution in [1.29, 1.82) is 0 Å². The molecule has 1 atom stereocenters. The average Bonchev–Trinajstić information content (AvgIpc) is 2.24. The number of benzene rings is 1. The highest BCUT2D eigenvalue weighted by Gasteiger charge is 2.24. The SMILES string of the molecule is CCNC(COc1ccccc1C)C(C)(C)C. The van der Waals surface area contributed by atoms with Gasteiger partial charge in [0.05, 0.1) is 0 Å². The molecule has 0 spiro atoms. The molecule has 1 aromatic carbocycles. The van der Waals surface area contributed by atoms with Crippen LogP contribution < -0.4 is 10.1 Å². The minimum atomic E-state index is 0.207. The normalized spacial score (nSPS) is 13.5. The third kappa shape index (κ3) is 4.39. The molecule has 1 unspecified atom stereocenters. The maximum absolute atomic E-state index is 5.92. The molecule has 0 aromatic heterocycles. The quantitative estimate of drug-likeness (QED) is 0.844. The Bertz CT molecular complexity index is 341. The van der Waals surface area contributed by atoms with Crippen LogP contribution in [0.2, 0.25) is 0 Å². The van der Waals surface area contributed by atoms with Crippen molar-refractivity contribution in [3.05, 3.63) is 29.8 Å². The first-order chi connectivity index (χ1) is 7.95. The van der Waals surface area contributed by atoms with Gasteiger partial charge in [-0.25, -0.2) is 0 Å². The number of nitrogens with one attached hydrogen (secondary N) is 1. The van der Waals surface area contributed by atoms with Crippen LogP contribution in [-0.4, -0.2) is 19.2 Å². The highest BCUT2D eigenvalue weighted by molar-refractivity contribution is 5.31. The molecule has 0 fully saturated rings. The van der Waals surface area contributed by atoms with Gasteiger partial charge in [-0.05, 0) is 30.5 Å². The summed E-state index contributed by atoms with van der Waals surface area (Å²) in [6.45, 7) is 12.6. The lowest BCUT2D eigenvalue weighted by molar-refractivity contribution is 0.175. The zero-order valence-corrected chi connectivity index (χ0v) is 11.7. The van der Waals surface area contributed by atoms with Gasteiger partial charge in [0, 0.05) is 6.04 Å². The van der Waals surface area contributed by atoms with Crippen molar-refractivity contribution in [3.63, 3.8) is 0 Å². The van der Waals surface area contributed by atoms with E-state index in [1.807, 2.05) is 18.2 Å². The van der Waals surface area contributed by atoms with Crippen molar-refractivity contribution in [2.75, 3.05) is 13.2 Å². The molecule has 0 heterocycles. The Morgan fingerprint density at radius 2 is 1.88 bits per heavy atom. The maximum atomic E-state index is 5.92. The zero-order chi connectivity index (χ0) is 12.9. The summed E-state index contributed by atoms with van der Waals surface area (Å²) in [4.78, 5) is 0. The van der Waals surface area contributed by atoms with Gasteiger partial charge in [0.2, 0.25) is 0 Å². The molecule has 1 rings (SSSR count). The fourth-order valence-corrected chi connectivity index (χ4v) is 1.75. The standard InChI is InChI=1S/C15H25NO/c1-6-16-14(15(3,4)5)11-17-13-10-8-7-9-12(13)2/h7-10,14,16H,6,11H2,1-5H3. The van der Waals surface area contributed by atoms with Crippen LogP contribution in [0, 0.1) is 12.3 Å². The topological polar surface area (TPSA) is 21.3 Å². The first-order valence-corrected chi connectivity index (χ1v) is 6.37. The van der Waals surface area contributed by atoms with E-state index in [1.54, 1.807) is 0 Å². The molecule has 0 bridgehead atoms. The predicted molar refractivity (Wildman–Crippen MR) is 73.6 cm³/mol. The first-order valence-electron chi connectivity index (χ1n) is 6.37. The summed E-state index contributed by atoms with van der Waals surface area (Å²) < 4.78 is 5.92. The Balaban J connectivity index is 2.61. The fourth-order valence-electron chi connectivity index (χ4n) is 1.75. The monoisotopic (exact) mass is 235 g/mol. The molecule has 17 heavy (non-hydrogen) atoms. The Morgan fingerprint density at radius 1 is 1.24 bits per heavy atom. The van der Waals surface area contributed by atoms with Crippen LogP contribution in [0.4, 0.5) is 0 Å². The molecule has 0 aliphatic rings. The van der Waals surface area contributed by atoms with Crippen molar-refractivity contribution in [3.8, 4) is 5.75 Å². The molecule has 0 aliphatic heterocycles. The summed E-state index contributed by atoms with van der Waals surface area (Å²) in [5, 5.41) is 3.49. The Hall–Kier alpha value is -1.02. The van der Waals surface area contributed by atoms with E-state index in [4.69, 9.17) is 4.74 Å². The Labute approximate surface area is 105 Å². The Kier molecular flexibility index (Phi) is 5.01. The molecular weight excluding hydrogens is 210 g/mol. The molecule has 2 nitrogen and oxygen atoms in total. The predicted octanol–water partition coefficient (Wildman–Crippen LogP) is 3.40. The van der Waals surface area contributed by atoms with Crippen LogP contribution in [-0.2, 0) is 0 Å². The summed E-state index contributed by atoms with van der Waals surface area (Å²) in [6, 6.07) is 8.53. The number of para-hydroxylation sites is 1. The lowest BCUT2D eigenvalue weighted by Crippen LogP contribution is -2.44. The van der Waals surface area contributed by atoms with Gasteiger partial charge in [0.15, 0.2) is 0 Å². The molecule has 2 heteroatoms. The van der Waals surface area contributed by atoms with Crippen molar-refractivity contribution in [2.24, 2.45) is 5.41 Å². The second-order valence-electron chi connectivity index (χ2n) is 5.55. The van der Waals surface area contributed by atoms with E-state index in [0.29, 0.717) is 12.6 Å². The van der Waals surface area contributed by atoms with E-state index >= 15 is 0 Å². The van der Waals surface area contributed by atoms with Crippen LogP contribution in [0.1, 0.15) is 33.3 Å². The number of hydrogen-bond acceptors (Lipinski definition) is 2. The fraction of sp³-hybridized carbons (Fsp3) is 0.600. The first kappa shape index (κ1) is 14.0. The smallest absolute Gasteiger partial charge is 0.122 e. The van der Waals surface area contributed by atoms with E-state index in [2.05, 4.69) is 46.0 Å². The van der Waals surface area contributed by atoms with Gasteiger partial charge >= 0.3 is 0 Å². The lowest BCUT2D eigenvalue weighted by Gasteiger charge is -2.31. The number of aryl methyl sites for hydroxylation is 1. The summed E-state index contributed by atoms with van der Waals surface area (Å²) >= 11 is 0. The lowest BCUT2D eigenvalue weighted by atomic mass is 9.87. The van der Waals surface area contributed by atoms with Gasteiger partial charge < -0.3 is 10.1 Å².